The molecule has 3 heterocycles. The Labute approximate surface area is 289 Å². The van der Waals surface area contributed by atoms with Gasteiger partial charge in [0.25, 0.3) is 0 Å². The largest absolute Gasteiger partial charge is 0.309 e. The molecule has 0 unspecified atom stereocenters. The monoisotopic (exact) mass is 638 g/mol. The van der Waals surface area contributed by atoms with E-state index in [9.17, 15) is 0 Å². The van der Waals surface area contributed by atoms with Crippen molar-refractivity contribution in [3.05, 3.63) is 182 Å². The van der Waals surface area contributed by atoms with E-state index in [2.05, 4.69) is 183 Å². The summed E-state index contributed by atoms with van der Waals surface area (Å²) in [4.78, 5) is 9.01. The second-order valence-corrected chi connectivity index (χ2v) is 12.6. The van der Waals surface area contributed by atoms with E-state index in [1.165, 1.54) is 54.7 Å². The summed E-state index contributed by atoms with van der Waals surface area (Å²) < 4.78 is 4.83. The van der Waals surface area contributed by atoms with Gasteiger partial charge < -0.3 is 9.13 Å². The quantitative estimate of drug-likeness (QED) is 0.188. The number of benzene rings is 7. The van der Waals surface area contributed by atoms with Crippen LogP contribution in [0.5, 0.6) is 0 Å². The fourth-order valence-electron chi connectivity index (χ4n) is 7.70. The third kappa shape index (κ3) is 4.39. The van der Waals surface area contributed by atoms with Gasteiger partial charge in [0.15, 0.2) is 5.82 Å². The molecule has 0 saturated carbocycles. The fraction of sp³-hybridized carbons (Fsp3) is 0. The molecule has 4 heteroatoms. The zero-order valence-electron chi connectivity index (χ0n) is 27.1. The summed E-state index contributed by atoms with van der Waals surface area (Å²) in [5, 5.41) is 4.97. The highest BCUT2D eigenvalue weighted by Gasteiger charge is 2.19. The van der Waals surface area contributed by atoms with Gasteiger partial charge in [-0.2, -0.15) is 0 Å². The van der Waals surface area contributed by atoms with Crippen molar-refractivity contribution in [2.75, 3.05) is 0 Å². The summed E-state index contributed by atoms with van der Waals surface area (Å²) in [5.74, 6) is 0.720. The molecule has 0 bridgehead atoms. The first kappa shape index (κ1) is 28.3. The van der Waals surface area contributed by atoms with E-state index in [-0.39, 0.29) is 0 Å². The van der Waals surface area contributed by atoms with E-state index in [4.69, 9.17) is 0 Å². The van der Waals surface area contributed by atoms with E-state index in [1.807, 2.05) is 6.07 Å². The van der Waals surface area contributed by atoms with Crippen LogP contribution < -0.4 is 0 Å². The molecule has 0 spiro atoms. The molecule has 0 N–H and O–H groups in total. The van der Waals surface area contributed by atoms with Crippen LogP contribution in [-0.2, 0) is 0 Å². The number of rotatable bonds is 5. The number of hydrogen-bond acceptors (Lipinski definition) is 2. The second kappa shape index (κ2) is 11.4. The van der Waals surface area contributed by atoms with Crippen molar-refractivity contribution >= 4 is 43.6 Å². The van der Waals surface area contributed by atoms with E-state index < -0.39 is 0 Å². The molecule has 4 nitrogen and oxygen atoms in total. The summed E-state index contributed by atoms with van der Waals surface area (Å²) in [6.45, 7) is 0. The van der Waals surface area contributed by atoms with Gasteiger partial charge in [0.2, 0.25) is 0 Å². The average Bonchev–Trinajstić information content (AvgIpc) is 3.71. The molecule has 0 radical (unpaired) electrons. The molecule has 0 amide bonds. The molecule has 10 aromatic rings. The lowest BCUT2D eigenvalue weighted by Crippen LogP contribution is -1.98. The molecule has 0 atom stereocenters. The van der Waals surface area contributed by atoms with Crippen LogP contribution in [0.15, 0.2) is 182 Å². The standard InChI is InChI=1S/C46H30N4/c1-2-16-35(34(15-1)31-13-11-14-32(29-31)46-47-27-12-28-48-46)36-17-3-9-23-43(36)50-44-24-10-6-20-39(44)40-30-33(25-26-45(40)50)49-41-21-7-4-18-37(41)38-19-5-8-22-42(38)49/h1-30H. The summed E-state index contributed by atoms with van der Waals surface area (Å²) in [6.07, 6.45) is 3.58. The van der Waals surface area contributed by atoms with Crippen LogP contribution in [0, 0.1) is 0 Å². The van der Waals surface area contributed by atoms with Gasteiger partial charge in [0, 0.05) is 50.8 Å². The third-order valence-electron chi connectivity index (χ3n) is 9.85. The van der Waals surface area contributed by atoms with Crippen LogP contribution in [0.3, 0.4) is 0 Å². The SMILES string of the molecule is c1cnc(-c2cccc(-c3ccccc3-c3ccccc3-n3c4ccccc4c4cc(-n5c6ccccc6c6ccccc65)ccc43)c2)nc1. The Morgan fingerprint density at radius 3 is 1.60 bits per heavy atom. The van der Waals surface area contributed by atoms with Crippen LogP contribution in [0.1, 0.15) is 0 Å². The Hall–Kier alpha value is -6.78. The van der Waals surface area contributed by atoms with Gasteiger partial charge in [0.05, 0.1) is 27.8 Å². The Morgan fingerprint density at radius 1 is 0.340 bits per heavy atom. The van der Waals surface area contributed by atoms with Gasteiger partial charge in [-0.05, 0) is 71.3 Å². The van der Waals surface area contributed by atoms with Crippen molar-refractivity contribution in [3.8, 4) is 45.0 Å². The lowest BCUT2D eigenvalue weighted by molar-refractivity contribution is 1.17. The second-order valence-electron chi connectivity index (χ2n) is 12.6. The van der Waals surface area contributed by atoms with Gasteiger partial charge in [0.1, 0.15) is 0 Å². The number of nitrogens with zero attached hydrogens (tertiary/aromatic N) is 4. The number of aromatic nitrogens is 4. The molecule has 0 aliphatic rings. The van der Waals surface area contributed by atoms with Gasteiger partial charge >= 0.3 is 0 Å². The van der Waals surface area contributed by atoms with Crippen molar-refractivity contribution in [1.82, 2.24) is 19.1 Å². The van der Waals surface area contributed by atoms with Crippen molar-refractivity contribution in [2.24, 2.45) is 0 Å². The highest BCUT2D eigenvalue weighted by atomic mass is 15.0. The molecule has 0 fully saturated rings. The highest BCUT2D eigenvalue weighted by Crippen LogP contribution is 2.41. The molecule has 7 aromatic carbocycles. The lowest BCUT2D eigenvalue weighted by atomic mass is 9.92. The number of fused-ring (bicyclic) bond motifs is 6. The number of para-hydroxylation sites is 4. The van der Waals surface area contributed by atoms with E-state index in [0.717, 1.165) is 33.9 Å². The smallest absolute Gasteiger partial charge is 0.159 e. The molecule has 0 aliphatic heterocycles. The normalized spacial score (nSPS) is 11.6. The maximum Gasteiger partial charge on any atom is 0.159 e. The van der Waals surface area contributed by atoms with Crippen molar-refractivity contribution in [2.45, 2.75) is 0 Å². The predicted molar refractivity (Wildman–Crippen MR) is 207 cm³/mol. The molecule has 0 saturated heterocycles. The zero-order valence-corrected chi connectivity index (χ0v) is 27.1. The third-order valence-corrected chi connectivity index (χ3v) is 9.85. The first-order valence-corrected chi connectivity index (χ1v) is 16.9. The van der Waals surface area contributed by atoms with E-state index in [0.29, 0.717) is 0 Å². The van der Waals surface area contributed by atoms with Gasteiger partial charge in [-0.25, -0.2) is 9.97 Å². The average molecular weight is 639 g/mol. The minimum absolute atomic E-state index is 0.720. The Morgan fingerprint density at radius 2 is 0.880 bits per heavy atom. The van der Waals surface area contributed by atoms with Crippen LogP contribution >= 0.6 is 0 Å². The first-order valence-electron chi connectivity index (χ1n) is 16.9. The molecule has 234 valence electrons. The van der Waals surface area contributed by atoms with Crippen molar-refractivity contribution in [3.63, 3.8) is 0 Å². The zero-order chi connectivity index (χ0) is 33.0. The van der Waals surface area contributed by atoms with Gasteiger partial charge in [-0.1, -0.05) is 115 Å². The fourth-order valence-corrected chi connectivity index (χ4v) is 7.70. The minimum atomic E-state index is 0.720. The molecular formula is C46H30N4. The minimum Gasteiger partial charge on any atom is -0.309 e. The Balaban J connectivity index is 1.18. The van der Waals surface area contributed by atoms with E-state index in [1.54, 1.807) is 12.4 Å². The Kier molecular flexibility index (Phi) is 6.46. The van der Waals surface area contributed by atoms with Crippen LogP contribution in [-0.4, -0.2) is 19.1 Å². The highest BCUT2D eigenvalue weighted by molar-refractivity contribution is 6.12. The van der Waals surface area contributed by atoms with Gasteiger partial charge in [-0.3, -0.25) is 0 Å². The maximum absolute atomic E-state index is 4.51. The summed E-state index contributed by atoms with van der Waals surface area (Å²) in [6, 6.07) is 60.9. The predicted octanol–water partition coefficient (Wildman–Crippen LogP) is 11.7. The van der Waals surface area contributed by atoms with E-state index >= 15 is 0 Å². The topological polar surface area (TPSA) is 35.6 Å². The molecule has 50 heavy (non-hydrogen) atoms. The Bertz CT molecular complexity index is 2820. The first-order chi connectivity index (χ1) is 24.8. The molecule has 10 rings (SSSR count). The molecule has 0 aliphatic carbocycles. The summed E-state index contributed by atoms with van der Waals surface area (Å²) in [7, 11) is 0. The van der Waals surface area contributed by atoms with Crippen molar-refractivity contribution in [1.29, 1.82) is 0 Å². The van der Waals surface area contributed by atoms with Crippen LogP contribution in [0.2, 0.25) is 0 Å². The summed E-state index contributed by atoms with van der Waals surface area (Å²) >= 11 is 0. The van der Waals surface area contributed by atoms with Crippen molar-refractivity contribution < 1.29 is 0 Å². The number of hydrogen-bond donors (Lipinski definition) is 0. The molecular weight excluding hydrogens is 609 g/mol. The lowest BCUT2D eigenvalue weighted by Gasteiger charge is -2.17. The van der Waals surface area contributed by atoms with Crippen LogP contribution in [0.25, 0.3) is 88.6 Å². The molecule has 3 aromatic heterocycles. The van der Waals surface area contributed by atoms with Gasteiger partial charge in [-0.15, -0.1) is 0 Å². The maximum atomic E-state index is 4.51. The van der Waals surface area contributed by atoms with Crippen LogP contribution in [0.4, 0.5) is 0 Å². The summed E-state index contributed by atoms with van der Waals surface area (Å²) in [5.41, 5.74) is 12.7.